The quantitative estimate of drug-likeness (QED) is 0.619. The summed E-state index contributed by atoms with van der Waals surface area (Å²) in [5.74, 6) is -0.644. The molecule has 0 unspecified atom stereocenters. The normalized spacial score (nSPS) is 10.6. The zero-order chi connectivity index (χ0) is 19.6. The van der Waals surface area contributed by atoms with Gasteiger partial charge in [-0.2, -0.15) is 5.10 Å². The highest BCUT2D eigenvalue weighted by molar-refractivity contribution is 6.33. The number of hydrogen-bond donors (Lipinski definition) is 3. The molecule has 0 saturated heterocycles. The van der Waals surface area contributed by atoms with E-state index in [4.69, 9.17) is 11.6 Å². The van der Waals surface area contributed by atoms with Crippen molar-refractivity contribution >= 4 is 40.4 Å². The van der Waals surface area contributed by atoms with Crippen molar-refractivity contribution in [2.45, 2.75) is 6.92 Å². The molecule has 0 atom stereocenters. The van der Waals surface area contributed by atoms with Gasteiger partial charge < -0.3 is 16.0 Å². The number of carbonyl (C=O) groups is 1. The molecule has 0 aliphatic carbocycles. The third-order valence-electron chi connectivity index (χ3n) is 3.87. The van der Waals surface area contributed by atoms with Gasteiger partial charge in [-0.15, -0.1) is 0 Å². The number of aryl methyl sites for hydroxylation is 2. The standard InChI is InChI=1S/C18H18ClFN6O/c1-10-15(9-26(3)25-10)24-16-7-14(11(19)8-22-16)23-13-6-4-5-12(20)17(13)18(27)21-2/h4-9H,1-3H3,(H,21,27)(H2,22,23,24). The number of anilines is 4. The molecule has 0 fully saturated rings. The number of halogens is 2. The molecule has 0 radical (unpaired) electrons. The molecule has 7 nitrogen and oxygen atoms in total. The molecule has 1 aromatic carbocycles. The average Bonchev–Trinajstić information content (AvgIpc) is 2.94. The molecule has 0 bridgehead atoms. The molecule has 3 rings (SSSR count). The van der Waals surface area contributed by atoms with E-state index in [0.29, 0.717) is 22.2 Å². The molecule has 3 N–H and O–H groups in total. The van der Waals surface area contributed by atoms with Crippen LogP contribution < -0.4 is 16.0 Å². The number of hydrogen-bond acceptors (Lipinski definition) is 5. The van der Waals surface area contributed by atoms with Gasteiger partial charge >= 0.3 is 0 Å². The number of aromatic nitrogens is 3. The number of rotatable bonds is 5. The topological polar surface area (TPSA) is 83.9 Å². The number of amides is 1. The minimum Gasteiger partial charge on any atom is -0.355 e. The minimum atomic E-state index is -0.631. The average molecular weight is 389 g/mol. The summed E-state index contributed by atoms with van der Waals surface area (Å²) in [6, 6.07) is 6.01. The predicted octanol–water partition coefficient (Wildman–Crippen LogP) is 3.76. The van der Waals surface area contributed by atoms with E-state index in [0.717, 1.165) is 11.4 Å². The van der Waals surface area contributed by atoms with E-state index in [1.54, 1.807) is 16.8 Å². The summed E-state index contributed by atoms with van der Waals surface area (Å²) in [6.07, 6.45) is 3.30. The lowest BCUT2D eigenvalue weighted by Gasteiger charge is -2.14. The van der Waals surface area contributed by atoms with Crippen molar-refractivity contribution < 1.29 is 9.18 Å². The monoisotopic (exact) mass is 388 g/mol. The number of nitrogens with one attached hydrogen (secondary N) is 3. The molecular weight excluding hydrogens is 371 g/mol. The summed E-state index contributed by atoms with van der Waals surface area (Å²) in [7, 11) is 3.26. The van der Waals surface area contributed by atoms with Crippen molar-refractivity contribution in [2.75, 3.05) is 17.7 Å². The molecule has 0 saturated carbocycles. The Morgan fingerprint density at radius 3 is 2.67 bits per heavy atom. The second-order valence-electron chi connectivity index (χ2n) is 5.84. The molecule has 9 heteroatoms. The first-order valence-corrected chi connectivity index (χ1v) is 8.47. The first-order chi connectivity index (χ1) is 12.9. The minimum absolute atomic E-state index is 0.0921. The fourth-order valence-corrected chi connectivity index (χ4v) is 2.74. The van der Waals surface area contributed by atoms with Gasteiger partial charge in [0, 0.05) is 26.4 Å². The van der Waals surface area contributed by atoms with Crippen LogP contribution in [0, 0.1) is 12.7 Å². The Bertz CT molecular complexity index is 1000. The predicted molar refractivity (Wildman–Crippen MR) is 104 cm³/mol. The van der Waals surface area contributed by atoms with Gasteiger partial charge in [0.1, 0.15) is 11.6 Å². The maximum atomic E-state index is 14.1. The van der Waals surface area contributed by atoms with Crippen molar-refractivity contribution in [3.05, 3.63) is 58.8 Å². The Balaban J connectivity index is 1.93. The molecule has 2 heterocycles. The van der Waals surface area contributed by atoms with Gasteiger partial charge in [-0.3, -0.25) is 9.48 Å². The lowest BCUT2D eigenvalue weighted by Crippen LogP contribution is -2.20. The highest BCUT2D eigenvalue weighted by Crippen LogP contribution is 2.30. The van der Waals surface area contributed by atoms with Crippen LogP contribution in [-0.2, 0) is 7.05 Å². The van der Waals surface area contributed by atoms with Gasteiger partial charge in [0.2, 0.25) is 0 Å². The van der Waals surface area contributed by atoms with Gasteiger partial charge in [-0.1, -0.05) is 17.7 Å². The Morgan fingerprint density at radius 1 is 1.22 bits per heavy atom. The van der Waals surface area contributed by atoms with Gasteiger partial charge in [-0.25, -0.2) is 9.37 Å². The van der Waals surface area contributed by atoms with E-state index in [-0.39, 0.29) is 5.56 Å². The Hall–Kier alpha value is -3.13. The third-order valence-corrected chi connectivity index (χ3v) is 4.17. The van der Waals surface area contributed by atoms with Crippen molar-refractivity contribution in [3.8, 4) is 0 Å². The van der Waals surface area contributed by atoms with Crippen molar-refractivity contribution in [3.63, 3.8) is 0 Å². The van der Waals surface area contributed by atoms with Crippen LogP contribution in [0.4, 0.5) is 27.3 Å². The molecule has 3 aromatic rings. The van der Waals surface area contributed by atoms with Crippen molar-refractivity contribution in [2.24, 2.45) is 7.05 Å². The number of pyridine rings is 1. The first kappa shape index (κ1) is 18.7. The number of nitrogens with zero attached hydrogens (tertiary/aromatic N) is 3. The summed E-state index contributed by atoms with van der Waals surface area (Å²) < 4.78 is 15.8. The molecule has 2 aromatic heterocycles. The van der Waals surface area contributed by atoms with Gasteiger partial charge in [-0.05, 0) is 19.1 Å². The maximum absolute atomic E-state index is 14.1. The van der Waals surface area contributed by atoms with Crippen LogP contribution in [0.2, 0.25) is 5.02 Å². The van der Waals surface area contributed by atoms with Crippen molar-refractivity contribution in [1.82, 2.24) is 20.1 Å². The zero-order valence-electron chi connectivity index (χ0n) is 15.0. The van der Waals surface area contributed by atoms with Crippen molar-refractivity contribution in [1.29, 1.82) is 0 Å². The number of carbonyl (C=O) groups excluding carboxylic acids is 1. The van der Waals surface area contributed by atoms with Crippen LogP contribution >= 0.6 is 11.6 Å². The molecule has 0 spiro atoms. The molecule has 140 valence electrons. The Labute approximate surface area is 160 Å². The fraction of sp³-hybridized carbons (Fsp3) is 0.167. The van der Waals surface area contributed by atoms with E-state index in [9.17, 15) is 9.18 Å². The smallest absolute Gasteiger partial charge is 0.256 e. The molecular formula is C18H18ClFN6O. The molecule has 27 heavy (non-hydrogen) atoms. The van der Waals surface area contributed by atoms with Gasteiger partial charge in [0.25, 0.3) is 5.91 Å². The summed E-state index contributed by atoms with van der Waals surface area (Å²) in [5, 5.41) is 13.2. The maximum Gasteiger partial charge on any atom is 0.256 e. The van der Waals surface area contributed by atoms with E-state index in [2.05, 4.69) is 26.0 Å². The first-order valence-electron chi connectivity index (χ1n) is 8.09. The highest BCUT2D eigenvalue weighted by Gasteiger charge is 2.17. The van der Waals surface area contributed by atoms with E-state index in [1.165, 1.54) is 25.4 Å². The lowest BCUT2D eigenvalue weighted by atomic mass is 10.1. The summed E-state index contributed by atoms with van der Waals surface area (Å²) in [6.45, 7) is 1.87. The highest BCUT2D eigenvalue weighted by atomic mass is 35.5. The fourth-order valence-electron chi connectivity index (χ4n) is 2.59. The lowest BCUT2D eigenvalue weighted by molar-refractivity contribution is 0.0960. The Morgan fingerprint density at radius 2 is 2.00 bits per heavy atom. The van der Waals surface area contributed by atoms with Crippen LogP contribution in [0.15, 0.2) is 36.7 Å². The zero-order valence-corrected chi connectivity index (χ0v) is 15.7. The van der Waals surface area contributed by atoms with Crippen LogP contribution in [0.3, 0.4) is 0 Å². The molecule has 0 aliphatic rings. The van der Waals surface area contributed by atoms with Gasteiger partial charge in [0.05, 0.1) is 39.5 Å². The SMILES string of the molecule is CNC(=O)c1c(F)cccc1Nc1cc(Nc2cn(C)nc2C)ncc1Cl. The third kappa shape index (κ3) is 4.01. The van der Waals surface area contributed by atoms with Crippen LogP contribution in [0.5, 0.6) is 0 Å². The Kier molecular flexibility index (Phi) is 5.27. The molecule has 0 aliphatic heterocycles. The van der Waals surface area contributed by atoms with E-state index >= 15 is 0 Å². The summed E-state index contributed by atoms with van der Waals surface area (Å²) >= 11 is 6.23. The van der Waals surface area contributed by atoms with E-state index in [1.807, 2.05) is 20.2 Å². The second kappa shape index (κ2) is 7.63. The largest absolute Gasteiger partial charge is 0.355 e. The van der Waals surface area contributed by atoms with Crippen LogP contribution in [-0.4, -0.2) is 27.7 Å². The summed E-state index contributed by atoms with van der Waals surface area (Å²) in [5.41, 5.74) is 2.30. The van der Waals surface area contributed by atoms with Crippen LogP contribution in [0.1, 0.15) is 16.1 Å². The van der Waals surface area contributed by atoms with Gasteiger partial charge in [0.15, 0.2) is 0 Å². The number of benzene rings is 1. The van der Waals surface area contributed by atoms with E-state index < -0.39 is 11.7 Å². The second-order valence-corrected chi connectivity index (χ2v) is 6.25. The molecule has 1 amide bonds. The summed E-state index contributed by atoms with van der Waals surface area (Å²) in [4.78, 5) is 16.3. The van der Waals surface area contributed by atoms with Crippen LogP contribution in [0.25, 0.3) is 0 Å².